The SMILES string of the molecule is CCCCCCCCCCCCCC#CCSC[C@H]1CC[C@@]2(C)C(=CCC3C2CC[C@]2(C)C(=O)CCC32)C1. The third kappa shape index (κ3) is 7.33. The number of carbonyl (C=O) groups excluding carboxylic acids is 1. The van der Waals surface area contributed by atoms with Gasteiger partial charge in [-0.3, -0.25) is 4.79 Å². The first-order valence-electron chi connectivity index (χ1n) is 16.8. The highest BCUT2D eigenvalue weighted by molar-refractivity contribution is 7.99. The number of rotatable bonds is 14. The minimum Gasteiger partial charge on any atom is -0.299 e. The highest BCUT2D eigenvalue weighted by Crippen LogP contribution is 2.64. The van der Waals surface area contributed by atoms with Gasteiger partial charge in [-0.05, 0) is 86.2 Å². The Balaban J connectivity index is 1.07. The van der Waals surface area contributed by atoms with Crippen LogP contribution in [0.4, 0.5) is 0 Å². The zero-order valence-corrected chi connectivity index (χ0v) is 26.1. The van der Waals surface area contributed by atoms with Gasteiger partial charge in [0, 0.05) is 18.3 Å². The van der Waals surface area contributed by atoms with Gasteiger partial charge in [-0.1, -0.05) is 103 Å². The number of hydrogen-bond acceptors (Lipinski definition) is 2. The van der Waals surface area contributed by atoms with Crippen LogP contribution >= 0.6 is 11.8 Å². The van der Waals surface area contributed by atoms with E-state index >= 15 is 0 Å². The summed E-state index contributed by atoms with van der Waals surface area (Å²) in [5.74, 6) is 12.9. The molecule has 0 N–H and O–H groups in total. The Kier molecular flexibility index (Phi) is 11.8. The summed E-state index contributed by atoms with van der Waals surface area (Å²) in [7, 11) is 0. The number of thioether (sulfide) groups is 1. The van der Waals surface area contributed by atoms with Crippen LogP contribution in [0.25, 0.3) is 0 Å². The summed E-state index contributed by atoms with van der Waals surface area (Å²) in [6.07, 6.45) is 29.0. The molecule has 4 aliphatic carbocycles. The molecule has 3 unspecified atom stereocenters. The quantitative estimate of drug-likeness (QED) is 0.124. The molecule has 4 aliphatic rings. The number of fused-ring (bicyclic) bond motifs is 5. The van der Waals surface area contributed by atoms with Gasteiger partial charge in [-0.15, -0.1) is 17.7 Å². The van der Waals surface area contributed by atoms with Crippen molar-refractivity contribution in [3.05, 3.63) is 11.6 Å². The Morgan fingerprint density at radius 3 is 2.24 bits per heavy atom. The van der Waals surface area contributed by atoms with Gasteiger partial charge >= 0.3 is 0 Å². The first-order chi connectivity index (χ1) is 18.5. The monoisotopic (exact) mass is 538 g/mol. The molecule has 0 heterocycles. The van der Waals surface area contributed by atoms with E-state index in [0.717, 1.165) is 49.2 Å². The highest BCUT2D eigenvalue weighted by atomic mass is 32.2. The van der Waals surface area contributed by atoms with Gasteiger partial charge in [0.05, 0.1) is 5.75 Å². The van der Waals surface area contributed by atoms with Crippen LogP contribution in [0.5, 0.6) is 0 Å². The molecule has 3 saturated carbocycles. The standard InChI is InChI=1S/C36H58OS/c1-4-5-6-7-8-9-10-11-12-13-14-15-16-17-26-38-28-29-22-24-35(2)30(27-29)18-19-31-32-20-21-34(37)36(32,3)25-23-33(31)35/h18,29,31-33H,4-15,19-28H2,1-3H3/t29-,31?,32?,33?,35-,36-/m0/s1. The molecule has 0 bridgehead atoms. The molecule has 38 heavy (non-hydrogen) atoms. The molecule has 214 valence electrons. The second-order valence-corrected chi connectivity index (χ2v) is 15.0. The van der Waals surface area contributed by atoms with Crippen molar-refractivity contribution in [3.63, 3.8) is 0 Å². The van der Waals surface area contributed by atoms with Crippen molar-refractivity contribution in [2.75, 3.05) is 11.5 Å². The Morgan fingerprint density at radius 1 is 0.842 bits per heavy atom. The number of Topliss-reactive ketones (excluding diaryl/α,β-unsaturated/α-hetero) is 1. The summed E-state index contributed by atoms with van der Waals surface area (Å²) in [6.45, 7) is 7.20. The topological polar surface area (TPSA) is 17.1 Å². The lowest BCUT2D eigenvalue weighted by atomic mass is 9.47. The van der Waals surface area contributed by atoms with E-state index in [1.54, 1.807) is 5.57 Å². The lowest BCUT2D eigenvalue weighted by Gasteiger charge is -2.57. The summed E-state index contributed by atoms with van der Waals surface area (Å²) in [5.41, 5.74) is 2.20. The van der Waals surface area contributed by atoms with Crippen molar-refractivity contribution >= 4 is 17.5 Å². The average Bonchev–Trinajstić information content (AvgIpc) is 3.22. The van der Waals surface area contributed by atoms with Gasteiger partial charge in [0.1, 0.15) is 5.78 Å². The van der Waals surface area contributed by atoms with E-state index in [1.165, 1.54) is 108 Å². The van der Waals surface area contributed by atoms with Gasteiger partial charge < -0.3 is 0 Å². The van der Waals surface area contributed by atoms with Crippen molar-refractivity contribution in [3.8, 4) is 11.8 Å². The summed E-state index contributed by atoms with van der Waals surface area (Å²) < 4.78 is 0. The van der Waals surface area contributed by atoms with Crippen molar-refractivity contribution in [1.29, 1.82) is 0 Å². The molecule has 3 fully saturated rings. The first-order valence-corrected chi connectivity index (χ1v) is 17.9. The Morgan fingerprint density at radius 2 is 1.50 bits per heavy atom. The third-order valence-corrected chi connectivity index (χ3v) is 12.5. The van der Waals surface area contributed by atoms with Crippen LogP contribution in [0, 0.1) is 46.3 Å². The van der Waals surface area contributed by atoms with E-state index in [0.29, 0.717) is 17.1 Å². The van der Waals surface area contributed by atoms with Gasteiger partial charge in [0.15, 0.2) is 0 Å². The lowest BCUT2D eigenvalue weighted by molar-refractivity contribution is -0.131. The molecule has 0 aromatic rings. The van der Waals surface area contributed by atoms with E-state index in [1.807, 2.05) is 0 Å². The maximum atomic E-state index is 12.7. The number of ketones is 1. The van der Waals surface area contributed by atoms with E-state index in [2.05, 4.69) is 50.4 Å². The average molecular weight is 539 g/mol. The van der Waals surface area contributed by atoms with Gasteiger partial charge in [0.25, 0.3) is 0 Å². The minimum atomic E-state index is 0.00495. The van der Waals surface area contributed by atoms with Crippen molar-refractivity contribution in [1.82, 2.24) is 0 Å². The molecule has 0 spiro atoms. The molecule has 4 rings (SSSR count). The van der Waals surface area contributed by atoms with Crippen LogP contribution in [-0.2, 0) is 4.79 Å². The molecule has 1 nitrogen and oxygen atoms in total. The summed E-state index contributed by atoms with van der Waals surface area (Å²) in [5, 5.41) is 0. The molecule has 0 aromatic carbocycles. The zero-order chi connectivity index (χ0) is 26.8. The van der Waals surface area contributed by atoms with Crippen molar-refractivity contribution < 1.29 is 4.79 Å². The summed E-state index contributed by atoms with van der Waals surface area (Å²) in [6, 6.07) is 0. The van der Waals surface area contributed by atoms with Crippen LogP contribution in [0.2, 0.25) is 0 Å². The Bertz CT molecular complexity index is 847. The van der Waals surface area contributed by atoms with Crippen LogP contribution in [0.15, 0.2) is 11.6 Å². The number of hydrogen-bond donors (Lipinski definition) is 0. The second-order valence-electron chi connectivity index (χ2n) is 13.9. The fourth-order valence-corrected chi connectivity index (χ4v) is 9.88. The summed E-state index contributed by atoms with van der Waals surface area (Å²) >= 11 is 2.08. The molecule has 0 aliphatic heterocycles. The van der Waals surface area contributed by atoms with Crippen molar-refractivity contribution in [2.24, 2.45) is 34.5 Å². The van der Waals surface area contributed by atoms with Gasteiger partial charge in [0.2, 0.25) is 0 Å². The fourth-order valence-electron chi connectivity index (χ4n) is 8.94. The Labute approximate surface area is 240 Å². The molecule has 6 atom stereocenters. The Hall–Kier alpha value is -0.680. The van der Waals surface area contributed by atoms with Crippen LogP contribution in [0.1, 0.15) is 149 Å². The lowest BCUT2D eigenvalue weighted by Crippen LogP contribution is -2.50. The number of unbranched alkanes of at least 4 members (excludes halogenated alkanes) is 11. The number of carbonyl (C=O) groups is 1. The first kappa shape index (κ1) is 30.3. The van der Waals surface area contributed by atoms with Crippen LogP contribution in [0.3, 0.4) is 0 Å². The summed E-state index contributed by atoms with van der Waals surface area (Å²) in [4.78, 5) is 12.7. The smallest absolute Gasteiger partial charge is 0.139 e. The van der Waals surface area contributed by atoms with Crippen LogP contribution < -0.4 is 0 Å². The molecular formula is C36H58OS. The maximum Gasteiger partial charge on any atom is 0.139 e. The molecule has 0 amide bonds. The van der Waals surface area contributed by atoms with E-state index < -0.39 is 0 Å². The predicted octanol–water partition coefficient (Wildman–Crippen LogP) is 10.6. The maximum absolute atomic E-state index is 12.7. The number of allylic oxidation sites excluding steroid dienone is 2. The van der Waals surface area contributed by atoms with Gasteiger partial charge in [-0.25, -0.2) is 0 Å². The normalized spacial score (nSPS) is 34.1. The van der Waals surface area contributed by atoms with E-state index in [4.69, 9.17) is 0 Å². The molecule has 0 saturated heterocycles. The van der Waals surface area contributed by atoms with Crippen LogP contribution in [-0.4, -0.2) is 17.3 Å². The van der Waals surface area contributed by atoms with E-state index in [-0.39, 0.29) is 5.41 Å². The van der Waals surface area contributed by atoms with Gasteiger partial charge in [-0.2, -0.15) is 0 Å². The zero-order valence-electron chi connectivity index (χ0n) is 25.3. The molecule has 2 heteroatoms. The molecular weight excluding hydrogens is 480 g/mol. The third-order valence-electron chi connectivity index (χ3n) is 11.5. The molecule has 0 radical (unpaired) electrons. The van der Waals surface area contributed by atoms with Crippen molar-refractivity contribution in [2.45, 2.75) is 149 Å². The largest absolute Gasteiger partial charge is 0.299 e. The second kappa shape index (κ2) is 14.8. The minimum absolute atomic E-state index is 0.00495. The highest BCUT2D eigenvalue weighted by Gasteiger charge is 2.58. The predicted molar refractivity (Wildman–Crippen MR) is 166 cm³/mol. The van der Waals surface area contributed by atoms with E-state index in [9.17, 15) is 4.79 Å². The molecule has 0 aromatic heterocycles. The fraction of sp³-hybridized carbons (Fsp3) is 0.861.